The summed E-state index contributed by atoms with van der Waals surface area (Å²) in [6.45, 7) is 3.33. The molecule has 0 bridgehead atoms. The lowest BCUT2D eigenvalue weighted by Gasteiger charge is -2.39. The first-order valence-electron chi connectivity index (χ1n) is 10.2. The third-order valence-corrected chi connectivity index (χ3v) is 6.14. The van der Waals surface area contributed by atoms with Gasteiger partial charge in [-0.2, -0.15) is 0 Å². The van der Waals surface area contributed by atoms with Crippen molar-refractivity contribution < 1.29 is 14.3 Å². The zero-order valence-electron chi connectivity index (χ0n) is 17.4. The van der Waals surface area contributed by atoms with E-state index in [9.17, 15) is 9.59 Å². The van der Waals surface area contributed by atoms with E-state index < -0.39 is 11.7 Å². The number of piperidine rings is 1. The van der Waals surface area contributed by atoms with E-state index in [1.165, 1.54) is 5.56 Å². The molecule has 0 aromatic heterocycles. The van der Waals surface area contributed by atoms with Crippen LogP contribution in [-0.2, 0) is 26.3 Å². The minimum absolute atomic E-state index is 0.0350. The zero-order valence-corrected chi connectivity index (χ0v) is 17.4. The van der Waals surface area contributed by atoms with Crippen LogP contribution in [0.4, 0.5) is 0 Å². The molecule has 1 spiro atoms. The number of hydrogen-bond donors (Lipinski definition) is 0. The number of carbonyl (C=O) groups is 2. The van der Waals surface area contributed by atoms with Crippen molar-refractivity contribution in [3.05, 3.63) is 70.8 Å². The zero-order chi connectivity index (χ0) is 20.6. The Hall–Kier alpha value is -2.66. The van der Waals surface area contributed by atoms with E-state index in [1.807, 2.05) is 54.3 Å². The number of nitrogens with zero attached hydrogens (tertiary/aromatic N) is 2. The molecule has 0 N–H and O–H groups in total. The Kier molecular flexibility index (Phi) is 5.17. The fourth-order valence-corrected chi connectivity index (χ4v) is 4.41. The van der Waals surface area contributed by atoms with Gasteiger partial charge in [-0.3, -0.25) is 9.59 Å². The number of likely N-dealkylation sites (N-methyl/N-ethyl adjacent to an activating group) is 1. The maximum atomic E-state index is 12.8. The van der Waals surface area contributed by atoms with Crippen LogP contribution in [0.3, 0.4) is 0 Å². The van der Waals surface area contributed by atoms with Gasteiger partial charge in [0.25, 0.3) is 5.91 Å². The van der Waals surface area contributed by atoms with Gasteiger partial charge in [0.15, 0.2) is 6.10 Å². The minimum Gasteiger partial charge on any atom is -0.352 e. The van der Waals surface area contributed by atoms with Crippen LogP contribution in [0.1, 0.15) is 41.2 Å². The molecule has 5 nitrogen and oxygen atoms in total. The summed E-state index contributed by atoms with van der Waals surface area (Å²) < 4.78 is 6.41. The van der Waals surface area contributed by atoms with Crippen LogP contribution in [0.15, 0.2) is 48.5 Å². The summed E-state index contributed by atoms with van der Waals surface area (Å²) in [6.07, 6.45) is 1.28. The lowest BCUT2D eigenvalue weighted by molar-refractivity contribution is -0.161. The van der Waals surface area contributed by atoms with E-state index in [0.29, 0.717) is 32.4 Å². The summed E-state index contributed by atoms with van der Waals surface area (Å²) in [7, 11) is 3.51. The topological polar surface area (TPSA) is 49.9 Å². The minimum atomic E-state index is -0.559. The van der Waals surface area contributed by atoms with Crippen LogP contribution in [0.25, 0.3) is 0 Å². The number of amides is 2. The molecule has 2 heterocycles. The first-order valence-corrected chi connectivity index (χ1v) is 10.2. The van der Waals surface area contributed by atoms with Crippen LogP contribution in [0, 0.1) is 6.92 Å². The van der Waals surface area contributed by atoms with Crippen LogP contribution in [0.2, 0.25) is 0 Å². The lowest BCUT2D eigenvalue weighted by Crippen LogP contribution is -2.46. The molecule has 4 rings (SSSR count). The van der Waals surface area contributed by atoms with Gasteiger partial charge in [0.05, 0.1) is 12.0 Å². The van der Waals surface area contributed by atoms with E-state index in [1.54, 1.807) is 19.0 Å². The molecule has 2 amide bonds. The summed E-state index contributed by atoms with van der Waals surface area (Å²) in [6, 6.07) is 16.1. The third-order valence-electron chi connectivity index (χ3n) is 6.14. The predicted octanol–water partition coefficient (Wildman–Crippen LogP) is 3.21. The van der Waals surface area contributed by atoms with Gasteiger partial charge in [-0.25, -0.2) is 0 Å². The molecule has 2 aliphatic rings. The van der Waals surface area contributed by atoms with Crippen molar-refractivity contribution in [2.45, 2.75) is 37.9 Å². The second-order valence-corrected chi connectivity index (χ2v) is 8.36. The highest BCUT2D eigenvalue weighted by molar-refractivity contribution is 5.83. The standard InChI is InChI=1S/C24H28N2O3/c1-17-8-10-18(11-9-17)16-21(27)26-14-12-24(13-15-26)20-7-5-4-6-19(20)22(29-24)23(28)25(2)3/h4-11,22H,12-16H2,1-3H3/t22-/m1/s1. The first-order chi connectivity index (χ1) is 13.9. The van der Waals surface area contributed by atoms with Gasteiger partial charge in [0, 0.05) is 27.2 Å². The number of rotatable bonds is 3. The van der Waals surface area contributed by atoms with Gasteiger partial charge in [0.1, 0.15) is 0 Å². The number of aryl methyl sites for hydroxylation is 1. The van der Waals surface area contributed by atoms with Gasteiger partial charge in [-0.1, -0.05) is 54.1 Å². The van der Waals surface area contributed by atoms with Crippen molar-refractivity contribution >= 4 is 11.8 Å². The molecule has 1 atom stereocenters. The van der Waals surface area contributed by atoms with Gasteiger partial charge < -0.3 is 14.5 Å². The Morgan fingerprint density at radius 3 is 2.38 bits per heavy atom. The van der Waals surface area contributed by atoms with E-state index in [-0.39, 0.29) is 11.8 Å². The molecule has 0 radical (unpaired) electrons. The normalized spacial score (nSPS) is 19.8. The summed E-state index contributed by atoms with van der Waals surface area (Å²) in [5, 5.41) is 0. The van der Waals surface area contributed by atoms with E-state index in [2.05, 4.69) is 6.07 Å². The summed E-state index contributed by atoms with van der Waals surface area (Å²) in [4.78, 5) is 29.0. The quantitative estimate of drug-likeness (QED) is 0.806. The van der Waals surface area contributed by atoms with Gasteiger partial charge in [0.2, 0.25) is 5.91 Å². The van der Waals surface area contributed by atoms with Crippen molar-refractivity contribution in [2.75, 3.05) is 27.2 Å². The fourth-order valence-electron chi connectivity index (χ4n) is 4.41. The molecule has 2 aromatic carbocycles. The van der Waals surface area contributed by atoms with E-state index >= 15 is 0 Å². The number of hydrogen-bond acceptors (Lipinski definition) is 3. The highest BCUT2D eigenvalue weighted by Crippen LogP contribution is 2.49. The summed E-state index contributed by atoms with van der Waals surface area (Å²) in [5.74, 6) is 0.114. The van der Waals surface area contributed by atoms with Crippen LogP contribution >= 0.6 is 0 Å². The Morgan fingerprint density at radius 2 is 1.72 bits per heavy atom. The maximum absolute atomic E-state index is 12.8. The second kappa shape index (κ2) is 7.64. The van der Waals surface area contributed by atoms with E-state index in [4.69, 9.17) is 4.74 Å². The fraction of sp³-hybridized carbons (Fsp3) is 0.417. The van der Waals surface area contributed by atoms with Crippen LogP contribution in [-0.4, -0.2) is 48.8 Å². The molecular formula is C24H28N2O3. The molecule has 29 heavy (non-hydrogen) atoms. The smallest absolute Gasteiger partial charge is 0.255 e. The van der Waals surface area contributed by atoms with Crippen molar-refractivity contribution in [3.63, 3.8) is 0 Å². The van der Waals surface area contributed by atoms with Gasteiger partial charge >= 0.3 is 0 Å². The average molecular weight is 392 g/mol. The SMILES string of the molecule is Cc1ccc(CC(=O)N2CCC3(CC2)O[C@@H](C(=O)N(C)C)c2ccccc23)cc1. The number of fused-ring (bicyclic) bond motifs is 2. The Labute approximate surface area is 172 Å². The average Bonchev–Trinajstić information content (AvgIpc) is 3.04. The number of ether oxygens (including phenoxy) is 1. The molecule has 1 saturated heterocycles. The van der Waals surface area contributed by atoms with Gasteiger partial charge in [-0.15, -0.1) is 0 Å². The molecule has 152 valence electrons. The summed E-state index contributed by atoms with van der Waals surface area (Å²) >= 11 is 0. The largest absolute Gasteiger partial charge is 0.352 e. The molecule has 5 heteroatoms. The first kappa shape index (κ1) is 19.6. The monoisotopic (exact) mass is 392 g/mol. The molecule has 0 aliphatic carbocycles. The molecule has 0 saturated carbocycles. The van der Waals surface area contributed by atoms with Gasteiger partial charge in [-0.05, 0) is 36.5 Å². The molecular weight excluding hydrogens is 364 g/mol. The van der Waals surface area contributed by atoms with Crippen molar-refractivity contribution in [2.24, 2.45) is 0 Å². The Morgan fingerprint density at radius 1 is 1.07 bits per heavy atom. The highest BCUT2D eigenvalue weighted by atomic mass is 16.5. The number of carbonyl (C=O) groups excluding carboxylic acids is 2. The number of benzene rings is 2. The van der Waals surface area contributed by atoms with Crippen LogP contribution < -0.4 is 0 Å². The maximum Gasteiger partial charge on any atom is 0.255 e. The molecule has 0 unspecified atom stereocenters. The number of likely N-dealkylation sites (tertiary alicyclic amines) is 1. The van der Waals surface area contributed by atoms with Crippen molar-refractivity contribution in [1.82, 2.24) is 9.80 Å². The Balaban J connectivity index is 1.47. The van der Waals surface area contributed by atoms with E-state index in [0.717, 1.165) is 16.7 Å². The molecule has 2 aliphatic heterocycles. The van der Waals surface area contributed by atoms with Crippen molar-refractivity contribution in [3.8, 4) is 0 Å². The molecule has 2 aromatic rings. The second-order valence-electron chi connectivity index (χ2n) is 8.36. The lowest BCUT2D eigenvalue weighted by atomic mass is 9.83. The van der Waals surface area contributed by atoms with Crippen molar-refractivity contribution in [1.29, 1.82) is 0 Å². The third kappa shape index (κ3) is 3.67. The molecule has 1 fully saturated rings. The Bertz CT molecular complexity index is 912. The summed E-state index contributed by atoms with van der Waals surface area (Å²) in [5.41, 5.74) is 3.82. The highest BCUT2D eigenvalue weighted by Gasteiger charge is 2.49. The predicted molar refractivity (Wildman–Crippen MR) is 111 cm³/mol. The van der Waals surface area contributed by atoms with Crippen LogP contribution in [0.5, 0.6) is 0 Å².